The molecule has 0 radical (unpaired) electrons. The van der Waals surface area contributed by atoms with Crippen LogP contribution in [0.1, 0.15) is 17.9 Å². The predicted octanol–water partition coefficient (Wildman–Crippen LogP) is 3.85. The van der Waals surface area contributed by atoms with Gasteiger partial charge in [-0.1, -0.05) is 50.0 Å². The fourth-order valence-corrected chi connectivity index (χ4v) is 3.23. The lowest BCUT2D eigenvalue weighted by Gasteiger charge is -2.35. The minimum Gasteiger partial charge on any atom is -0.469 e. The Labute approximate surface area is 113 Å². The van der Waals surface area contributed by atoms with Crippen LogP contribution in [0.3, 0.4) is 0 Å². The molecule has 0 aromatic heterocycles. The zero-order valence-electron chi connectivity index (χ0n) is 11.7. The highest BCUT2D eigenvalue weighted by Gasteiger charge is 2.52. The van der Waals surface area contributed by atoms with Gasteiger partial charge in [0.05, 0.1) is 19.4 Å². The van der Waals surface area contributed by atoms with Gasteiger partial charge in [-0.25, -0.2) is 8.78 Å². The number of carbonyl (C=O) groups is 1. The van der Waals surface area contributed by atoms with E-state index in [2.05, 4.69) is 4.74 Å². The molecular weight excluding hydrogens is 266 g/mol. The maximum Gasteiger partial charge on any atom is 0.306 e. The van der Waals surface area contributed by atoms with Crippen LogP contribution in [0.2, 0.25) is 19.6 Å². The molecule has 1 atom stereocenters. The monoisotopic (exact) mass is 286 g/mol. The Morgan fingerprint density at radius 1 is 1.26 bits per heavy atom. The first-order valence-electron chi connectivity index (χ1n) is 6.19. The molecule has 0 spiro atoms. The zero-order valence-corrected chi connectivity index (χ0v) is 12.7. The summed E-state index contributed by atoms with van der Waals surface area (Å²) in [6.07, 6.45) is -0.294. The van der Waals surface area contributed by atoms with Crippen molar-refractivity contribution in [1.29, 1.82) is 0 Å². The van der Waals surface area contributed by atoms with E-state index in [1.807, 2.05) is 0 Å². The maximum atomic E-state index is 14.6. The Hall–Kier alpha value is -1.23. The topological polar surface area (TPSA) is 26.3 Å². The second kappa shape index (κ2) is 5.82. The number of benzene rings is 1. The van der Waals surface area contributed by atoms with Crippen molar-refractivity contribution in [3.05, 3.63) is 35.9 Å². The number of alkyl halides is 2. The zero-order chi connectivity index (χ0) is 14.7. The third-order valence-corrected chi connectivity index (χ3v) is 5.59. The SMILES string of the molecule is COC(=O)CC(c1ccccc1)C(F)(F)[Si](C)(C)C. The summed E-state index contributed by atoms with van der Waals surface area (Å²) in [6, 6.07) is 8.47. The molecular formula is C14H20F2O2Si. The molecule has 0 saturated carbocycles. The number of halogens is 2. The van der Waals surface area contributed by atoms with Crippen LogP contribution in [0.25, 0.3) is 0 Å². The molecule has 1 aromatic rings. The summed E-state index contributed by atoms with van der Waals surface area (Å²) in [5.74, 6) is -1.72. The lowest BCUT2D eigenvalue weighted by Crippen LogP contribution is -2.50. The van der Waals surface area contributed by atoms with Crippen LogP contribution in [-0.2, 0) is 9.53 Å². The molecule has 5 heteroatoms. The van der Waals surface area contributed by atoms with E-state index in [0.29, 0.717) is 5.56 Å². The van der Waals surface area contributed by atoms with Crippen LogP contribution in [-0.4, -0.2) is 26.7 Å². The second-order valence-electron chi connectivity index (χ2n) is 5.62. The molecule has 0 aliphatic rings. The molecule has 19 heavy (non-hydrogen) atoms. The van der Waals surface area contributed by atoms with Gasteiger partial charge in [0.25, 0.3) is 0 Å². The van der Waals surface area contributed by atoms with E-state index in [4.69, 9.17) is 0 Å². The summed E-state index contributed by atoms with van der Waals surface area (Å²) in [7, 11) is -1.53. The van der Waals surface area contributed by atoms with Gasteiger partial charge in [0.1, 0.15) is 8.07 Å². The van der Waals surface area contributed by atoms with E-state index in [9.17, 15) is 13.6 Å². The van der Waals surface area contributed by atoms with Crippen LogP contribution in [0, 0.1) is 0 Å². The highest BCUT2D eigenvalue weighted by Crippen LogP contribution is 2.42. The molecule has 1 rings (SSSR count). The summed E-state index contributed by atoms with van der Waals surface area (Å²) in [5.41, 5.74) is -2.39. The van der Waals surface area contributed by atoms with Crippen molar-refractivity contribution in [1.82, 2.24) is 0 Å². The molecule has 0 aliphatic heterocycles. The van der Waals surface area contributed by atoms with Gasteiger partial charge in [-0.3, -0.25) is 4.79 Å². The number of hydrogen-bond donors (Lipinski definition) is 0. The number of esters is 1. The summed E-state index contributed by atoms with van der Waals surface area (Å²) < 4.78 is 33.8. The number of ether oxygens (including phenoxy) is 1. The Morgan fingerprint density at radius 2 is 1.79 bits per heavy atom. The van der Waals surface area contributed by atoms with Crippen molar-refractivity contribution in [3.8, 4) is 0 Å². The summed E-state index contributed by atoms with van der Waals surface area (Å²) in [5, 5.41) is 0. The minimum atomic E-state index is -2.87. The van der Waals surface area contributed by atoms with Gasteiger partial charge >= 0.3 is 5.97 Å². The lowest BCUT2D eigenvalue weighted by atomic mass is 9.96. The average molecular weight is 286 g/mol. The smallest absolute Gasteiger partial charge is 0.306 e. The van der Waals surface area contributed by atoms with Gasteiger partial charge in [-0.2, -0.15) is 0 Å². The van der Waals surface area contributed by atoms with Crippen molar-refractivity contribution in [2.45, 2.75) is 37.5 Å². The van der Waals surface area contributed by atoms with Crippen molar-refractivity contribution in [2.24, 2.45) is 0 Å². The second-order valence-corrected chi connectivity index (χ2v) is 10.8. The third-order valence-electron chi connectivity index (χ3n) is 3.24. The molecule has 0 fully saturated rings. The van der Waals surface area contributed by atoms with Gasteiger partial charge in [-0.15, -0.1) is 0 Å². The molecule has 2 nitrogen and oxygen atoms in total. The fourth-order valence-electron chi connectivity index (χ4n) is 1.91. The molecule has 106 valence electrons. The molecule has 0 aliphatic carbocycles. The van der Waals surface area contributed by atoms with Crippen LogP contribution in [0.5, 0.6) is 0 Å². The Bertz CT molecular complexity index is 427. The Morgan fingerprint density at radius 3 is 2.21 bits per heavy atom. The standard InChI is InChI=1S/C14H20F2O2Si/c1-18-13(17)10-12(11-8-6-5-7-9-11)14(15,16)19(2,3)4/h5-9,12H,10H2,1-4H3. The van der Waals surface area contributed by atoms with Gasteiger partial charge < -0.3 is 4.74 Å². The van der Waals surface area contributed by atoms with E-state index in [1.165, 1.54) is 7.11 Å². The van der Waals surface area contributed by atoms with Crippen LogP contribution < -0.4 is 0 Å². The number of methoxy groups -OCH3 is 1. The summed E-state index contributed by atoms with van der Waals surface area (Å²) in [4.78, 5) is 11.4. The van der Waals surface area contributed by atoms with Gasteiger partial charge in [0.2, 0.25) is 5.55 Å². The maximum absolute atomic E-state index is 14.6. The summed E-state index contributed by atoms with van der Waals surface area (Å²) >= 11 is 0. The van der Waals surface area contributed by atoms with Gasteiger partial charge in [-0.05, 0) is 5.56 Å². The van der Waals surface area contributed by atoms with E-state index in [-0.39, 0.29) is 6.42 Å². The van der Waals surface area contributed by atoms with Crippen LogP contribution in [0.15, 0.2) is 30.3 Å². The van der Waals surface area contributed by atoms with E-state index in [0.717, 1.165) is 0 Å². The molecule has 0 heterocycles. The minimum absolute atomic E-state index is 0.294. The first-order valence-corrected chi connectivity index (χ1v) is 9.69. The van der Waals surface area contributed by atoms with Crippen molar-refractivity contribution in [3.63, 3.8) is 0 Å². The lowest BCUT2D eigenvalue weighted by molar-refractivity contribution is -0.142. The molecule has 1 unspecified atom stereocenters. The quantitative estimate of drug-likeness (QED) is 0.607. The molecule has 0 N–H and O–H groups in total. The van der Waals surface area contributed by atoms with E-state index < -0.39 is 25.5 Å². The number of carbonyl (C=O) groups excluding carboxylic acids is 1. The number of hydrogen-bond acceptors (Lipinski definition) is 2. The van der Waals surface area contributed by atoms with E-state index in [1.54, 1.807) is 50.0 Å². The largest absolute Gasteiger partial charge is 0.469 e. The van der Waals surface area contributed by atoms with Crippen molar-refractivity contribution >= 4 is 14.0 Å². The normalized spacial score (nSPS) is 14.0. The van der Waals surface area contributed by atoms with Gasteiger partial charge in [0.15, 0.2) is 0 Å². The Kier molecular flexibility index (Phi) is 4.84. The predicted molar refractivity (Wildman–Crippen MR) is 74.1 cm³/mol. The first kappa shape index (κ1) is 15.8. The average Bonchev–Trinajstić information content (AvgIpc) is 2.35. The fraction of sp³-hybridized carbons (Fsp3) is 0.500. The van der Waals surface area contributed by atoms with Crippen molar-refractivity contribution < 1.29 is 18.3 Å². The summed E-state index contributed by atoms with van der Waals surface area (Å²) in [6.45, 7) is 4.83. The molecule has 0 bridgehead atoms. The highest BCUT2D eigenvalue weighted by atomic mass is 28.3. The molecule has 0 saturated heterocycles. The molecule has 1 aromatic carbocycles. The third kappa shape index (κ3) is 3.62. The van der Waals surface area contributed by atoms with E-state index >= 15 is 0 Å². The highest BCUT2D eigenvalue weighted by molar-refractivity contribution is 6.78. The first-order chi connectivity index (χ1) is 8.70. The van der Waals surface area contributed by atoms with Crippen LogP contribution in [0.4, 0.5) is 8.78 Å². The van der Waals surface area contributed by atoms with Crippen molar-refractivity contribution in [2.75, 3.05) is 7.11 Å². The number of rotatable bonds is 5. The molecule has 0 amide bonds. The Balaban J connectivity index is 3.17. The van der Waals surface area contributed by atoms with Gasteiger partial charge in [0, 0.05) is 0 Å². The van der Waals surface area contributed by atoms with Crippen LogP contribution >= 0.6 is 0 Å².